The first-order valence-corrected chi connectivity index (χ1v) is 6.94. The Kier molecular flexibility index (Phi) is 3.36. The van der Waals surface area contributed by atoms with Crippen molar-refractivity contribution in [3.8, 4) is 0 Å². The van der Waals surface area contributed by atoms with Gasteiger partial charge in [0.25, 0.3) is 0 Å². The average Bonchev–Trinajstić information content (AvgIpc) is 2.50. The molecule has 0 atom stereocenters. The number of nitrogens with zero attached hydrogens (tertiary/aromatic N) is 2. The maximum atomic E-state index is 12.5. The van der Waals surface area contributed by atoms with Gasteiger partial charge in [-0.3, -0.25) is 19.5 Å². The van der Waals surface area contributed by atoms with Crippen molar-refractivity contribution in [2.45, 2.75) is 19.3 Å². The number of pyridine rings is 1. The van der Waals surface area contributed by atoms with E-state index in [1.807, 2.05) is 0 Å². The highest BCUT2D eigenvalue weighted by atomic mass is 16.1. The fraction of sp³-hybridized carbons (Fsp3) is 0.400. The van der Waals surface area contributed by atoms with Crippen LogP contribution >= 0.6 is 0 Å². The highest BCUT2D eigenvalue weighted by Gasteiger charge is 2.32. The van der Waals surface area contributed by atoms with Gasteiger partial charge in [0.2, 0.25) is 5.78 Å². The summed E-state index contributed by atoms with van der Waals surface area (Å²) in [6, 6.07) is 3.31. The molecule has 0 saturated carbocycles. The van der Waals surface area contributed by atoms with Crippen molar-refractivity contribution in [1.29, 1.82) is 0 Å². The van der Waals surface area contributed by atoms with Crippen molar-refractivity contribution >= 4 is 11.6 Å². The molecule has 0 radical (unpaired) electrons. The Balaban J connectivity index is 1.92. The molecule has 2 heterocycles. The maximum Gasteiger partial charge on any atom is 0.228 e. The van der Waals surface area contributed by atoms with Gasteiger partial charge in [0.1, 0.15) is 5.69 Å². The monoisotopic (exact) mass is 271 g/mol. The molecule has 5 heteroatoms. The summed E-state index contributed by atoms with van der Waals surface area (Å²) in [7, 11) is 0. The van der Waals surface area contributed by atoms with Crippen LogP contribution in [0.4, 0.5) is 0 Å². The highest BCUT2D eigenvalue weighted by Crippen LogP contribution is 2.23. The van der Waals surface area contributed by atoms with Crippen molar-refractivity contribution < 1.29 is 9.59 Å². The molecule has 1 saturated heterocycles. The lowest BCUT2D eigenvalue weighted by Crippen LogP contribution is -2.37. The molecule has 2 aliphatic rings. The molecule has 1 fully saturated rings. The number of carbonyl (C=O) groups is 2. The molecule has 1 aromatic heterocycles. The summed E-state index contributed by atoms with van der Waals surface area (Å²) in [5.41, 5.74) is 6.93. The number of hydrogen-bond donors (Lipinski definition) is 1. The number of Topliss-reactive ketones (excluding diaryl/α,β-unsaturated/α-hetero) is 2. The fourth-order valence-electron chi connectivity index (χ4n) is 2.82. The van der Waals surface area contributed by atoms with Gasteiger partial charge in [-0.1, -0.05) is 6.42 Å². The largest absolute Gasteiger partial charge is 0.395 e. The van der Waals surface area contributed by atoms with E-state index in [2.05, 4.69) is 9.88 Å². The quantitative estimate of drug-likeness (QED) is 0.873. The van der Waals surface area contributed by atoms with Crippen LogP contribution in [-0.4, -0.2) is 41.1 Å². The van der Waals surface area contributed by atoms with Crippen LogP contribution in [0, 0.1) is 0 Å². The van der Waals surface area contributed by atoms with Crippen LogP contribution in [0.3, 0.4) is 0 Å². The molecule has 0 bridgehead atoms. The molecule has 3 rings (SSSR count). The molecule has 0 aromatic carbocycles. The molecule has 1 aliphatic heterocycles. The lowest BCUT2D eigenvalue weighted by molar-refractivity contribution is 0.0959. The molecular weight excluding hydrogens is 254 g/mol. The highest BCUT2D eigenvalue weighted by molar-refractivity contribution is 6.25. The molecule has 1 aromatic rings. The topological polar surface area (TPSA) is 76.3 Å². The number of ketones is 2. The zero-order chi connectivity index (χ0) is 14.1. The zero-order valence-electron chi connectivity index (χ0n) is 11.3. The Hall–Kier alpha value is -2.01. The van der Waals surface area contributed by atoms with Crippen LogP contribution in [0.15, 0.2) is 29.6 Å². The maximum absolute atomic E-state index is 12.5. The van der Waals surface area contributed by atoms with Crippen molar-refractivity contribution in [3.63, 3.8) is 0 Å². The summed E-state index contributed by atoms with van der Waals surface area (Å²) < 4.78 is 0. The van der Waals surface area contributed by atoms with Gasteiger partial charge in [-0.05, 0) is 38.1 Å². The molecule has 0 amide bonds. The number of nitrogens with two attached hydrogens (primary N) is 1. The second kappa shape index (κ2) is 5.17. The number of carbonyl (C=O) groups excluding carboxylic acids is 2. The number of hydrogen-bond acceptors (Lipinski definition) is 5. The SMILES string of the molecule is NC1=C(CN2CCCCC2)C(=O)c2cccnc2C1=O. The van der Waals surface area contributed by atoms with Crippen molar-refractivity contribution in [3.05, 3.63) is 40.9 Å². The van der Waals surface area contributed by atoms with Crippen LogP contribution in [0.1, 0.15) is 40.1 Å². The predicted molar refractivity (Wildman–Crippen MR) is 74.4 cm³/mol. The van der Waals surface area contributed by atoms with Crippen LogP contribution in [0.2, 0.25) is 0 Å². The molecule has 0 unspecified atom stereocenters. The predicted octanol–water partition coefficient (Wildman–Crippen LogP) is 1.16. The first-order chi connectivity index (χ1) is 9.68. The standard InChI is InChI=1S/C15H17N3O2/c16-12-11(9-18-7-2-1-3-8-18)14(19)10-5-4-6-17-13(10)15(12)20/h4-6H,1-3,7-9,16H2. The number of piperidine rings is 1. The van der Waals surface area contributed by atoms with Gasteiger partial charge in [-0.2, -0.15) is 0 Å². The molecule has 2 N–H and O–H groups in total. The number of fused-ring (bicyclic) bond motifs is 1. The van der Waals surface area contributed by atoms with E-state index in [0.717, 1.165) is 25.9 Å². The summed E-state index contributed by atoms with van der Waals surface area (Å²) in [6.07, 6.45) is 5.00. The number of likely N-dealkylation sites (tertiary alicyclic amines) is 1. The lowest BCUT2D eigenvalue weighted by Gasteiger charge is -2.28. The average molecular weight is 271 g/mol. The second-order valence-electron chi connectivity index (χ2n) is 5.29. The minimum absolute atomic E-state index is 0.0618. The first-order valence-electron chi connectivity index (χ1n) is 6.94. The van der Waals surface area contributed by atoms with Crippen molar-refractivity contribution in [2.24, 2.45) is 5.73 Å². The molecule has 1 aliphatic carbocycles. The van der Waals surface area contributed by atoms with E-state index in [1.165, 1.54) is 12.6 Å². The smallest absolute Gasteiger partial charge is 0.228 e. The number of allylic oxidation sites excluding steroid dienone is 1. The van der Waals surface area contributed by atoms with Gasteiger partial charge >= 0.3 is 0 Å². The van der Waals surface area contributed by atoms with E-state index >= 15 is 0 Å². The van der Waals surface area contributed by atoms with E-state index in [4.69, 9.17) is 5.73 Å². The second-order valence-corrected chi connectivity index (χ2v) is 5.29. The summed E-state index contributed by atoms with van der Waals surface area (Å²) in [4.78, 5) is 30.9. The molecule has 0 spiro atoms. The van der Waals surface area contributed by atoms with Gasteiger partial charge in [-0.25, -0.2) is 0 Å². The Bertz CT molecular complexity index is 601. The normalized spacial score (nSPS) is 20.2. The zero-order valence-corrected chi connectivity index (χ0v) is 11.3. The Morgan fingerprint density at radius 2 is 1.90 bits per heavy atom. The van der Waals surface area contributed by atoms with Gasteiger partial charge in [0.15, 0.2) is 5.78 Å². The summed E-state index contributed by atoms with van der Waals surface area (Å²) in [5.74, 6) is -0.483. The number of aromatic nitrogens is 1. The van der Waals surface area contributed by atoms with Crippen molar-refractivity contribution in [1.82, 2.24) is 9.88 Å². The summed E-state index contributed by atoms with van der Waals surface area (Å²) in [6.45, 7) is 2.38. The van der Waals surface area contributed by atoms with E-state index in [1.54, 1.807) is 12.1 Å². The Labute approximate surface area is 117 Å². The van der Waals surface area contributed by atoms with Crippen LogP contribution in [0.5, 0.6) is 0 Å². The van der Waals surface area contributed by atoms with E-state index in [0.29, 0.717) is 17.7 Å². The lowest BCUT2D eigenvalue weighted by atomic mass is 9.90. The third-order valence-electron chi connectivity index (χ3n) is 3.94. The Morgan fingerprint density at radius 3 is 2.65 bits per heavy atom. The van der Waals surface area contributed by atoms with Crippen LogP contribution < -0.4 is 5.73 Å². The first kappa shape index (κ1) is 13.0. The fourth-order valence-corrected chi connectivity index (χ4v) is 2.82. The van der Waals surface area contributed by atoms with Crippen LogP contribution in [-0.2, 0) is 0 Å². The minimum Gasteiger partial charge on any atom is -0.395 e. The van der Waals surface area contributed by atoms with E-state index < -0.39 is 0 Å². The van der Waals surface area contributed by atoms with Gasteiger partial charge in [-0.15, -0.1) is 0 Å². The number of rotatable bonds is 2. The van der Waals surface area contributed by atoms with E-state index in [9.17, 15) is 9.59 Å². The van der Waals surface area contributed by atoms with Crippen molar-refractivity contribution in [2.75, 3.05) is 19.6 Å². The summed E-state index contributed by atoms with van der Waals surface area (Å²) >= 11 is 0. The van der Waals surface area contributed by atoms with Gasteiger partial charge in [0.05, 0.1) is 11.3 Å². The molecule has 20 heavy (non-hydrogen) atoms. The van der Waals surface area contributed by atoms with Crippen LogP contribution in [0.25, 0.3) is 0 Å². The Morgan fingerprint density at radius 1 is 1.15 bits per heavy atom. The molecular formula is C15H17N3O2. The molecule has 104 valence electrons. The van der Waals surface area contributed by atoms with E-state index in [-0.39, 0.29) is 23.0 Å². The summed E-state index contributed by atoms with van der Waals surface area (Å²) in [5, 5.41) is 0. The van der Waals surface area contributed by atoms with Gasteiger partial charge < -0.3 is 5.73 Å². The third kappa shape index (κ3) is 2.14. The third-order valence-corrected chi connectivity index (χ3v) is 3.94. The minimum atomic E-state index is -0.327. The molecule has 5 nitrogen and oxygen atoms in total. The van der Waals surface area contributed by atoms with Gasteiger partial charge in [0, 0.05) is 18.3 Å².